The predicted octanol–water partition coefficient (Wildman–Crippen LogP) is 2.25. The number of benzene rings is 1. The number of amides is 2. The second-order valence-corrected chi connectivity index (χ2v) is 15.4. The first-order chi connectivity index (χ1) is 25.5. The van der Waals surface area contributed by atoms with E-state index >= 15 is 0 Å². The Kier molecular flexibility index (Phi) is 11.1. The van der Waals surface area contributed by atoms with Crippen LogP contribution in [0, 0.1) is 5.92 Å². The van der Waals surface area contributed by atoms with Gasteiger partial charge in [-0.05, 0) is 64.7 Å². The number of aromatic nitrogens is 2. The smallest absolute Gasteiger partial charge is 0.408 e. The highest BCUT2D eigenvalue weighted by Gasteiger charge is 2.30. The molecule has 0 aliphatic carbocycles. The Balaban J connectivity index is 2.69. The highest BCUT2D eigenvalue weighted by Crippen LogP contribution is 2.24. The molecule has 0 aliphatic rings. The molecule has 18 heteroatoms. The molecule has 0 saturated carbocycles. The number of imidazole rings is 1. The van der Waals surface area contributed by atoms with Gasteiger partial charge in [-0.1, -0.05) is 13.8 Å². The van der Waals surface area contributed by atoms with Crippen molar-refractivity contribution in [3.05, 3.63) is 24.0 Å². The second kappa shape index (κ2) is 18.0. The fourth-order valence-electron chi connectivity index (χ4n) is 4.23. The van der Waals surface area contributed by atoms with Crippen LogP contribution in [0.4, 0.5) is 10.5 Å². The van der Waals surface area contributed by atoms with Gasteiger partial charge in [0.15, 0.2) is 0 Å². The van der Waals surface area contributed by atoms with Gasteiger partial charge in [0.2, 0.25) is 5.91 Å². The Morgan fingerprint density at radius 3 is 2.10 bits per heavy atom. The molecule has 0 bridgehead atoms. The van der Waals surface area contributed by atoms with Crippen molar-refractivity contribution >= 4 is 54.9 Å². The molecular weight excluding hydrogens is 682 g/mol. The number of hydrogen-bond donors (Lipinski definition) is 2. The van der Waals surface area contributed by atoms with E-state index in [-0.39, 0.29) is 48.0 Å². The van der Waals surface area contributed by atoms with Gasteiger partial charge in [-0.15, -0.1) is 0 Å². The number of nitrogens with zero attached hydrogens (tertiary/aromatic N) is 3. The minimum Gasteiger partial charge on any atom is -0.464 e. The normalized spacial score (nSPS) is 17.2. The SMILES string of the molecule is [2H]C([2H])(OS(C)(=O)=O)C([2H])([2H])N(c1ccc2c(c1)nc(CC[C@H](NC(=O)OC(C)(C)C)C(=O)N[C@@H](CC(C)C)C(=O)OCC)n2C)C([2H])([2H])C([2H])([2H])OS(C)(=O)=O. The van der Waals surface area contributed by atoms with Gasteiger partial charge in [-0.2, -0.15) is 16.8 Å². The highest BCUT2D eigenvalue weighted by atomic mass is 32.2. The number of carbonyl (C=O) groups is 3. The van der Waals surface area contributed by atoms with Crippen LogP contribution in [-0.4, -0.2) is 107 Å². The predicted molar refractivity (Wildman–Crippen MR) is 184 cm³/mol. The first-order valence-electron chi connectivity index (χ1n) is 19.1. The van der Waals surface area contributed by atoms with Crippen molar-refractivity contribution in [1.29, 1.82) is 0 Å². The summed E-state index contributed by atoms with van der Waals surface area (Å²) in [6.45, 7) is -5.51. The third-order valence-corrected chi connectivity index (χ3v) is 6.95. The zero-order chi connectivity index (χ0) is 44.3. The molecule has 2 rings (SSSR count). The van der Waals surface area contributed by atoms with Crippen LogP contribution in [0.15, 0.2) is 18.2 Å². The molecule has 0 spiro atoms. The lowest BCUT2D eigenvalue weighted by atomic mass is 10.0. The van der Waals surface area contributed by atoms with Crippen molar-refractivity contribution < 1.29 is 60.0 Å². The third-order valence-electron chi connectivity index (χ3n) is 6.17. The van der Waals surface area contributed by atoms with Crippen molar-refractivity contribution in [3.63, 3.8) is 0 Å². The zero-order valence-corrected chi connectivity index (χ0v) is 30.6. The number of esters is 1. The van der Waals surface area contributed by atoms with E-state index in [4.69, 9.17) is 20.4 Å². The highest BCUT2D eigenvalue weighted by molar-refractivity contribution is 7.86. The van der Waals surface area contributed by atoms with Crippen LogP contribution >= 0.6 is 0 Å². The van der Waals surface area contributed by atoms with Crippen molar-refractivity contribution in [3.8, 4) is 0 Å². The molecule has 0 radical (unpaired) electrons. The second-order valence-electron chi connectivity index (χ2n) is 12.3. The summed E-state index contributed by atoms with van der Waals surface area (Å²) in [6.07, 6.45) is -0.0894. The maximum atomic E-state index is 13.6. The molecule has 2 atom stereocenters. The van der Waals surface area contributed by atoms with Gasteiger partial charge < -0.3 is 29.6 Å². The standard InChI is InChI=1S/C31H51N5O11S2/c1-10-44-29(38)25(19-21(2)3)33-28(37)23(34-30(39)47-31(4,5)6)12-14-27-32-24-20-22(11-13-26(24)35(27)7)36(15-17-45-48(8,40)41)16-18-46-49(9,42)43/h11,13,20-21,23,25H,10,12,14-19H2,1-9H3,(H,33,37)(H,34,39)/t23-,25-/m0/s1/i15D2,16D2,17D2,18D2. The van der Waals surface area contributed by atoms with Gasteiger partial charge in [-0.25, -0.2) is 14.6 Å². The molecule has 2 N–H and O–H groups in total. The fourth-order valence-corrected chi connectivity index (χ4v) is 4.61. The maximum Gasteiger partial charge on any atom is 0.408 e. The molecule has 49 heavy (non-hydrogen) atoms. The Labute approximate surface area is 300 Å². The quantitative estimate of drug-likeness (QED) is 0.157. The molecule has 1 aromatic carbocycles. The Hall–Kier alpha value is -3.48. The van der Waals surface area contributed by atoms with Crippen LogP contribution in [0.5, 0.6) is 0 Å². The summed E-state index contributed by atoms with van der Waals surface area (Å²) in [4.78, 5) is 43.4. The lowest BCUT2D eigenvalue weighted by Crippen LogP contribution is -2.53. The molecule has 0 unspecified atom stereocenters. The zero-order valence-electron chi connectivity index (χ0n) is 36.9. The summed E-state index contributed by atoms with van der Waals surface area (Å²) in [7, 11) is -7.99. The number of alkyl carbamates (subject to hydrolysis) is 1. The molecule has 2 aromatic rings. The van der Waals surface area contributed by atoms with Crippen LogP contribution in [0.1, 0.15) is 71.2 Å². The molecule has 278 valence electrons. The van der Waals surface area contributed by atoms with Crippen LogP contribution < -0.4 is 15.5 Å². The molecule has 16 nitrogen and oxygen atoms in total. The van der Waals surface area contributed by atoms with Crippen molar-refractivity contribution in [2.24, 2.45) is 13.0 Å². The summed E-state index contributed by atoms with van der Waals surface area (Å²) in [5.74, 6) is -1.20. The number of anilines is 1. The number of nitrogens with one attached hydrogen (secondary N) is 2. The minimum atomic E-state index is -4.77. The summed E-state index contributed by atoms with van der Waals surface area (Å²) >= 11 is 0. The average Bonchev–Trinajstić information content (AvgIpc) is 3.29. The molecule has 0 fully saturated rings. The summed E-state index contributed by atoms with van der Waals surface area (Å²) < 4.78 is 135. The summed E-state index contributed by atoms with van der Waals surface area (Å²) in [6, 6.07) is 0.951. The van der Waals surface area contributed by atoms with Gasteiger partial charge in [0.1, 0.15) is 23.5 Å². The van der Waals surface area contributed by atoms with Gasteiger partial charge >= 0.3 is 12.1 Å². The van der Waals surface area contributed by atoms with E-state index in [1.54, 1.807) is 34.7 Å². The van der Waals surface area contributed by atoms with E-state index in [9.17, 15) is 31.2 Å². The number of aryl methyl sites for hydroxylation is 2. The Morgan fingerprint density at radius 1 is 1.00 bits per heavy atom. The van der Waals surface area contributed by atoms with Crippen LogP contribution in [-0.2, 0) is 61.1 Å². The van der Waals surface area contributed by atoms with Gasteiger partial charge in [0.05, 0.1) is 54.2 Å². The van der Waals surface area contributed by atoms with E-state index < -0.39 is 87.7 Å². The first-order valence-corrected chi connectivity index (χ1v) is 18.7. The van der Waals surface area contributed by atoms with Gasteiger partial charge in [0, 0.05) is 32.1 Å². The van der Waals surface area contributed by atoms with E-state index in [1.165, 1.54) is 10.6 Å². The van der Waals surface area contributed by atoms with Crippen LogP contribution in [0.3, 0.4) is 0 Å². The summed E-state index contributed by atoms with van der Waals surface area (Å²) in [5, 5.41) is 5.15. The molecule has 0 aliphatic heterocycles. The lowest BCUT2D eigenvalue weighted by molar-refractivity contribution is -0.148. The molecule has 1 heterocycles. The Bertz CT molecular complexity index is 1950. The van der Waals surface area contributed by atoms with E-state index in [0.717, 1.165) is 12.1 Å². The van der Waals surface area contributed by atoms with E-state index in [0.29, 0.717) is 18.0 Å². The van der Waals surface area contributed by atoms with Crippen molar-refractivity contribution in [2.75, 3.05) is 50.1 Å². The van der Waals surface area contributed by atoms with Crippen molar-refractivity contribution in [2.45, 2.75) is 78.5 Å². The molecular formula is C31H51N5O11S2. The monoisotopic (exact) mass is 741 g/mol. The number of fused-ring (bicyclic) bond motifs is 1. The van der Waals surface area contributed by atoms with Gasteiger partial charge in [0.25, 0.3) is 20.2 Å². The first kappa shape index (κ1) is 30.4. The van der Waals surface area contributed by atoms with Crippen LogP contribution in [0.25, 0.3) is 11.0 Å². The number of hydrogen-bond acceptors (Lipinski definition) is 13. The number of ether oxygens (including phenoxy) is 2. The third kappa shape index (κ3) is 15.3. The maximum absolute atomic E-state index is 13.6. The molecule has 1 aromatic heterocycles. The van der Waals surface area contributed by atoms with Crippen LogP contribution in [0.2, 0.25) is 0 Å². The average molecular weight is 742 g/mol. The molecule has 0 saturated heterocycles. The fraction of sp³-hybridized carbons (Fsp3) is 0.677. The largest absolute Gasteiger partial charge is 0.464 e. The minimum absolute atomic E-state index is 0.0278. The van der Waals surface area contributed by atoms with Crippen molar-refractivity contribution in [1.82, 2.24) is 20.2 Å². The van der Waals surface area contributed by atoms with Gasteiger partial charge in [-0.3, -0.25) is 13.2 Å². The van der Waals surface area contributed by atoms with E-state index in [2.05, 4.69) is 24.0 Å². The number of rotatable bonds is 19. The Morgan fingerprint density at radius 2 is 1.59 bits per heavy atom. The summed E-state index contributed by atoms with van der Waals surface area (Å²) in [5.41, 5.74) is -1.34. The van der Waals surface area contributed by atoms with E-state index in [1.807, 2.05) is 13.8 Å². The number of carbonyl (C=O) groups excluding carboxylic acids is 3. The molecule has 2 amide bonds. The lowest BCUT2D eigenvalue weighted by Gasteiger charge is -2.25. The topological polar surface area (TPSA) is 202 Å².